The number of benzene rings is 1. The van der Waals surface area contributed by atoms with E-state index in [2.05, 4.69) is 11.4 Å². The molecule has 0 atom stereocenters. The molecule has 0 saturated carbocycles. The second-order valence-electron chi connectivity index (χ2n) is 4.73. The van der Waals surface area contributed by atoms with Crippen LogP contribution in [0.3, 0.4) is 0 Å². The molecule has 108 valence electrons. The zero-order chi connectivity index (χ0) is 15.7. The highest BCUT2D eigenvalue weighted by Crippen LogP contribution is 2.32. The molecule has 4 nitrogen and oxygen atoms in total. The summed E-state index contributed by atoms with van der Waals surface area (Å²) in [6.45, 7) is 5.25. The van der Waals surface area contributed by atoms with E-state index in [9.17, 15) is 9.18 Å². The number of thiophene rings is 1. The average molecular weight is 303 g/mol. The minimum absolute atomic E-state index is 0.128. The summed E-state index contributed by atoms with van der Waals surface area (Å²) in [7, 11) is 0. The van der Waals surface area contributed by atoms with Gasteiger partial charge in [0.05, 0.1) is 5.56 Å². The number of carbonyl (C=O) groups excluding carboxylic acids is 1. The molecule has 0 aliphatic heterocycles. The van der Waals surface area contributed by atoms with Crippen molar-refractivity contribution in [2.45, 2.75) is 20.8 Å². The molecule has 6 heteroatoms. The second-order valence-corrected chi connectivity index (χ2v) is 5.95. The minimum atomic E-state index is -0.529. The summed E-state index contributed by atoms with van der Waals surface area (Å²) >= 11 is 1.32. The third-order valence-corrected chi connectivity index (χ3v) is 4.49. The van der Waals surface area contributed by atoms with Gasteiger partial charge in [-0.25, -0.2) is 4.39 Å². The lowest BCUT2D eigenvalue weighted by atomic mass is 10.1. The highest BCUT2D eigenvalue weighted by molar-refractivity contribution is 7.16. The highest BCUT2D eigenvalue weighted by Gasteiger charge is 2.17. The number of nitriles is 1. The van der Waals surface area contributed by atoms with Gasteiger partial charge in [0.1, 0.15) is 16.9 Å². The number of amides is 1. The number of hydrogen-bond acceptors (Lipinski definition) is 4. The maximum atomic E-state index is 13.6. The number of aryl methyl sites for hydroxylation is 1. The van der Waals surface area contributed by atoms with E-state index in [1.807, 2.05) is 13.8 Å². The number of nitrogens with two attached hydrogens (primary N) is 1. The molecular weight excluding hydrogens is 289 g/mol. The maximum Gasteiger partial charge on any atom is 0.256 e. The molecule has 21 heavy (non-hydrogen) atoms. The summed E-state index contributed by atoms with van der Waals surface area (Å²) in [4.78, 5) is 13.1. The predicted octanol–water partition coefficient (Wildman–Crippen LogP) is 3.52. The molecule has 0 spiro atoms. The Hall–Kier alpha value is -2.39. The highest BCUT2D eigenvalue weighted by atomic mass is 32.1. The van der Waals surface area contributed by atoms with Crippen LogP contribution in [-0.4, -0.2) is 5.91 Å². The molecule has 0 fully saturated rings. The molecule has 2 aromatic rings. The van der Waals surface area contributed by atoms with Crippen molar-refractivity contribution in [1.82, 2.24) is 0 Å². The molecule has 0 saturated heterocycles. The second kappa shape index (κ2) is 5.54. The van der Waals surface area contributed by atoms with Crippen molar-refractivity contribution in [3.63, 3.8) is 0 Å². The Bertz CT molecular complexity index is 751. The zero-order valence-corrected chi connectivity index (χ0v) is 12.7. The number of hydrogen-bond donors (Lipinski definition) is 2. The number of carbonyl (C=O) groups is 1. The lowest BCUT2D eigenvalue weighted by Crippen LogP contribution is -2.13. The summed E-state index contributed by atoms with van der Waals surface area (Å²) in [6, 6.07) is 4.63. The molecule has 1 aromatic carbocycles. The Kier molecular flexibility index (Phi) is 3.96. The van der Waals surface area contributed by atoms with Crippen LogP contribution in [0.2, 0.25) is 0 Å². The molecule has 1 amide bonds. The van der Waals surface area contributed by atoms with Gasteiger partial charge in [-0.3, -0.25) is 4.79 Å². The average Bonchev–Trinajstić information content (AvgIpc) is 2.70. The first-order valence-corrected chi connectivity index (χ1v) is 7.03. The number of anilines is 2. The van der Waals surface area contributed by atoms with Crippen LogP contribution < -0.4 is 11.1 Å². The van der Waals surface area contributed by atoms with Gasteiger partial charge in [-0.2, -0.15) is 5.26 Å². The fourth-order valence-corrected chi connectivity index (χ4v) is 2.86. The number of halogens is 1. The van der Waals surface area contributed by atoms with Crippen molar-refractivity contribution >= 4 is 27.9 Å². The molecule has 2 rings (SSSR count). The molecule has 0 aliphatic carbocycles. The Morgan fingerprint density at radius 2 is 2.00 bits per heavy atom. The van der Waals surface area contributed by atoms with E-state index in [1.54, 1.807) is 6.92 Å². The summed E-state index contributed by atoms with van der Waals surface area (Å²) in [5.74, 6) is -1.02. The standard InChI is InChI=1S/C15H14FN3OS/c1-7-9(3)21-15(11(7)6-17)19-14(20)10-4-12(16)8(2)13(18)5-10/h4-5H,18H2,1-3H3,(H,19,20). The Labute approximate surface area is 126 Å². The Balaban J connectivity index is 2.35. The number of nitrogens with one attached hydrogen (secondary N) is 1. The third-order valence-electron chi connectivity index (χ3n) is 3.37. The minimum Gasteiger partial charge on any atom is -0.398 e. The fourth-order valence-electron chi connectivity index (χ4n) is 1.86. The van der Waals surface area contributed by atoms with Gasteiger partial charge in [0.2, 0.25) is 0 Å². The van der Waals surface area contributed by atoms with Gasteiger partial charge in [0.15, 0.2) is 0 Å². The Morgan fingerprint density at radius 3 is 2.57 bits per heavy atom. The van der Waals surface area contributed by atoms with E-state index in [4.69, 9.17) is 11.0 Å². The molecule has 0 radical (unpaired) electrons. The molecule has 1 aromatic heterocycles. The lowest BCUT2D eigenvalue weighted by Gasteiger charge is -2.07. The van der Waals surface area contributed by atoms with Gasteiger partial charge in [-0.15, -0.1) is 11.3 Å². The van der Waals surface area contributed by atoms with Crippen molar-refractivity contribution in [3.05, 3.63) is 45.1 Å². The quantitative estimate of drug-likeness (QED) is 0.833. The van der Waals surface area contributed by atoms with Gasteiger partial charge in [-0.05, 0) is 38.5 Å². The van der Waals surface area contributed by atoms with Gasteiger partial charge in [0.25, 0.3) is 5.91 Å². The summed E-state index contributed by atoms with van der Waals surface area (Å²) in [6.07, 6.45) is 0. The maximum absolute atomic E-state index is 13.6. The van der Waals surface area contributed by atoms with E-state index in [1.165, 1.54) is 17.4 Å². The molecule has 0 bridgehead atoms. The van der Waals surface area contributed by atoms with Gasteiger partial charge in [-0.1, -0.05) is 0 Å². The predicted molar refractivity (Wildman–Crippen MR) is 82.0 cm³/mol. The first-order chi connectivity index (χ1) is 9.85. The van der Waals surface area contributed by atoms with Gasteiger partial charge >= 0.3 is 0 Å². The molecule has 1 heterocycles. The summed E-state index contributed by atoms with van der Waals surface area (Å²) in [5, 5.41) is 12.3. The normalized spacial score (nSPS) is 10.2. The van der Waals surface area contributed by atoms with Gasteiger partial charge < -0.3 is 11.1 Å². The van der Waals surface area contributed by atoms with E-state index < -0.39 is 11.7 Å². The molecule has 3 N–H and O–H groups in total. The largest absolute Gasteiger partial charge is 0.398 e. The van der Waals surface area contributed by atoms with E-state index in [-0.39, 0.29) is 11.3 Å². The van der Waals surface area contributed by atoms with Crippen LogP contribution in [0.15, 0.2) is 12.1 Å². The molecule has 0 aliphatic rings. The topological polar surface area (TPSA) is 78.9 Å². The first-order valence-electron chi connectivity index (χ1n) is 6.22. The van der Waals surface area contributed by atoms with E-state index >= 15 is 0 Å². The first kappa shape index (κ1) is 15.0. The molecular formula is C15H14FN3OS. The van der Waals surface area contributed by atoms with Crippen molar-refractivity contribution in [2.24, 2.45) is 0 Å². The number of nitrogen functional groups attached to an aromatic ring is 1. The smallest absolute Gasteiger partial charge is 0.256 e. The van der Waals surface area contributed by atoms with Crippen LogP contribution in [0.25, 0.3) is 0 Å². The summed E-state index contributed by atoms with van der Waals surface area (Å²) in [5.41, 5.74) is 7.61. The van der Waals surface area contributed by atoms with Gasteiger partial charge in [0, 0.05) is 21.7 Å². The summed E-state index contributed by atoms with van der Waals surface area (Å²) < 4.78 is 13.6. The van der Waals surface area contributed by atoms with Crippen molar-refractivity contribution < 1.29 is 9.18 Å². The van der Waals surface area contributed by atoms with Crippen molar-refractivity contribution in [3.8, 4) is 6.07 Å². The van der Waals surface area contributed by atoms with E-state index in [0.717, 1.165) is 16.5 Å². The van der Waals surface area contributed by atoms with Crippen LogP contribution in [0.4, 0.5) is 15.1 Å². The number of rotatable bonds is 2. The SMILES string of the molecule is Cc1sc(NC(=O)c2cc(N)c(C)c(F)c2)c(C#N)c1C. The lowest BCUT2D eigenvalue weighted by molar-refractivity contribution is 0.102. The number of nitrogens with zero attached hydrogens (tertiary/aromatic N) is 1. The van der Waals surface area contributed by atoms with E-state index in [0.29, 0.717) is 16.1 Å². The zero-order valence-electron chi connectivity index (χ0n) is 11.9. The Morgan fingerprint density at radius 1 is 1.33 bits per heavy atom. The van der Waals surface area contributed by atoms with Crippen LogP contribution >= 0.6 is 11.3 Å². The third kappa shape index (κ3) is 2.73. The van der Waals surface area contributed by atoms with Crippen LogP contribution in [-0.2, 0) is 0 Å². The monoisotopic (exact) mass is 303 g/mol. The fraction of sp³-hybridized carbons (Fsp3) is 0.200. The van der Waals surface area contributed by atoms with Crippen LogP contribution in [0.5, 0.6) is 0 Å². The van der Waals surface area contributed by atoms with Crippen molar-refractivity contribution in [2.75, 3.05) is 11.1 Å². The van der Waals surface area contributed by atoms with Crippen molar-refractivity contribution in [1.29, 1.82) is 5.26 Å². The van der Waals surface area contributed by atoms with Crippen LogP contribution in [0, 0.1) is 37.9 Å². The van der Waals surface area contributed by atoms with Crippen LogP contribution in [0.1, 0.15) is 31.9 Å². The molecule has 0 unspecified atom stereocenters.